The highest BCUT2D eigenvalue weighted by Gasteiger charge is 2.24. The molecule has 0 radical (unpaired) electrons. The number of nitrogens with one attached hydrogen (secondary N) is 1. The molecule has 2 N–H and O–H groups in total. The number of hydrogen-bond donors (Lipinski definition) is 2. The molecule has 2 aromatic carbocycles. The maximum Gasteiger partial charge on any atom is 0.335 e. The van der Waals surface area contributed by atoms with E-state index in [1.54, 1.807) is 17.5 Å². The van der Waals surface area contributed by atoms with Crippen LogP contribution in [-0.2, 0) is 10.0 Å². The topological polar surface area (TPSA) is 89.9 Å². The fraction of sp³-hybridized carbons (Fsp3) is 0.261. The molecule has 1 aromatic heterocycles. The van der Waals surface area contributed by atoms with Crippen molar-refractivity contribution in [3.05, 3.63) is 70.6 Å². The van der Waals surface area contributed by atoms with Crippen molar-refractivity contribution in [2.24, 2.45) is 0 Å². The normalized spacial score (nSPS) is 14.4. The third-order valence-electron chi connectivity index (χ3n) is 5.78. The van der Waals surface area contributed by atoms with Gasteiger partial charge in [-0.3, -0.25) is 4.72 Å². The largest absolute Gasteiger partial charge is 0.478 e. The summed E-state index contributed by atoms with van der Waals surface area (Å²) in [6.45, 7) is 7.16. The first-order valence-corrected chi connectivity index (χ1v) is 12.6. The van der Waals surface area contributed by atoms with E-state index in [1.807, 2.05) is 0 Å². The van der Waals surface area contributed by atoms with Crippen LogP contribution in [0.4, 0.5) is 17.1 Å². The molecule has 0 aliphatic carbocycles. The van der Waals surface area contributed by atoms with Gasteiger partial charge in [-0.2, -0.15) is 0 Å². The van der Waals surface area contributed by atoms with E-state index in [1.165, 1.54) is 35.0 Å². The summed E-state index contributed by atoms with van der Waals surface area (Å²) in [4.78, 5) is 15.9. The summed E-state index contributed by atoms with van der Waals surface area (Å²) >= 11 is 1.11. The summed E-state index contributed by atoms with van der Waals surface area (Å²) in [5, 5.41) is 11.1. The van der Waals surface area contributed by atoms with Crippen molar-refractivity contribution in [3.8, 4) is 0 Å². The lowest BCUT2D eigenvalue weighted by Gasteiger charge is -2.39. The van der Waals surface area contributed by atoms with Crippen LogP contribution in [0.15, 0.2) is 58.1 Å². The Hall–Kier alpha value is -3.04. The first kappa shape index (κ1) is 22.2. The van der Waals surface area contributed by atoms with E-state index in [9.17, 15) is 18.3 Å². The highest BCUT2D eigenvalue weighted by molar-refractivity contribution is 7.94. The molecule has 1 aliphatic rings. The number of aromatic carboxylic acids is 1. The molecule has 1 saturated heterocycles. The van der Waals surface area contributed by atoms with Gasteiger partial charge in [0.15, 0.2) is 0 Å². The summed E-state index contributed by atoms with van der Waals surface area (Å²) in [5.41, 5.74) is 4.71. The van der Waals surface area contributed by atoms with Crippen molar-refractivity contribution in [2.75, 3.05) is 40.7 Å². The highest BCUT2D eigenvalue weighted by atomic mass is 32.2. The number of piperazine rings is 1. The molecule has 1 aliphatic heterocycles. The van der Waals surface area contributed by atoms with Crippen LogP contribution >= 0.6 is 11.3 Å². The van der Waals surface area contributed by atoms with E-state index in [0.29, 0.717) is 18.8 Å². The molecule has 168 valence electrons. The Balaban J connectivity index is 1.60. The van der Waals surface area contributed by atoms with Crippen molar-refractivity contribution < 1.29 is 18.3 Å². The van der Waals surface area contributed by atoms with Crippen LogP contribution in [0.1, 0.15) is 21.5 Å². The molecule has 0 bridgehead atoms. The number of hydrogen-bond acceptors (Lipinski definition) is 6. The molecule has 32 heavy (non-hydrogen) atoms. The molecule has 0 atom stereocenters. The van der Waals surface area contributed by atoms with Crippen molar-refractivity contribution in [3.63, 3.8) is 0 Å². The summed E-state index contributed by atoms with van der Waals surface area (Å²) < 4.78 is 28.4. The molecule has 2 heterocycles. The number of benzene rings is 2. The number of rotatable bonds is 6. The predicted octanol–water partition coefficient (Wildman–Crippen LogP) is 4.19. The second-order valence-corrected chi connectivity index (χ2v) is 10.6. The number of carbonyl (C=O) groups is 1. The third kappa shape index (κ3) is 4.44. The van der Waals surface area contributed by atoms with Crippen molar-refractivity contribution in [2.45, 2.75) is 18.1 Å². The molecule has 3 aromatic rings. The van der Waals surface area contributed by atoms with E-state index >= 15 is 0 Å². The van der Waals surface area contributed by atoms with Crippen LogP contribution < -0.4 is 14.5 Å². The van der Waals surface area contributed by atoms with Gasteiger partial charge in [0.2, 0.25) is 0 Å². The Morgan fingerprint density at radius 2 is 1.66 bits per heavy atom. The third-order valence-corrected chi connectivity index (χ3v) is 8.55. The second kappa shape index (κ2) is 8.84. The van der Waals surface area contributed by atoms with Gasteiger partial charge in [-0.05, 0) is 60.7 Å². The summed E-state index contributed by atoms with van der Waals surface area (Å²) in [6, 6.07) is 14.1. The number of carboxylic acids is 1. The maximum atomic E-state index is 12.8. The Labute approximate surface area is 192 Å². The quantitative estimate of drug-likeness (QED) is 0.560. The Bertz CT molecular complexity index is 1230. The van der Waals surface area contributed by atoms with Crippen LogP contribution in [0.5, 0.6) is 0 Å². The fourth-order valence-corrected chi connectivity index (χ4v) is 5.96. The molecule has 0 saturated carbocycles. The Morgan fingerprint density at radius 1 is 0.969 bits per heavy atom. The minimum absolute atomic E-state index is 0.0339. The zero-order chi connectivity index (χ0) is 22.9. The van der Waals surface area contributed by atoms with Gasteiger partial charge in [0, 0.05) is 31.9 Å². The molecule has 0 unspecified atom stereocenters. The number of sulfonamides is 1. The lowest BCUT2D eigenvalue weighted by molar-refractivity contribution is 0.0697. The molecular weight excluding hydrogens is 446 g/mol. The number of nitrogens with zero attached hydrogens (tertiary/aromatic N) is 2. The minimum Gasteiger partial charge on any atom is -0.478 e. The molecule has 4 rings (SSSR count). The average molecular weight is 472 g/mol. The zero-order valence-corrected chi connectivity index (χ0v) is 19.5. The number of anilines is 3. The first-order valence-electron chi connectivity index (χ1n) is 10.3. The average Bonchev–Trinajstić information content (AvgIpc) is 3.32. The summed E-state index contributed by atoms with van der Waals surface area (Å²) in [5.74, 6) is -1.10. The second-order valence-electron chi connectivity index (χ2n) is 7.77. The SMILES string of the molecule is Cc1cccc(N2CCN(c3ccc(C(=O)O)cc3NS(=O)(=O)c3cccs3)CC2)c1C. The lowest BCUT2D eigenvalue weighted by atomic mass is 10.1. The van der Waals surface area contributed by atoms with Crippen molar-refractivity contribution >= 4 is 44.4 Å². The standard InChI is InChI=1S/C23H25N3O4S2/c1-16-5-3-6-20(17(16)2)25-10-12-26(13-11-25)21-9-8-18(23(27)28)15-19(21)24-32(29,30)22-7-4-14-31-22/h3-9,14-15,24H,10-13H2,1-2H3,(H,27,28). The van der Waals surface area contributed by atoms with Gasteiger partial charge in [0.25, 0.3) is 10.0 Å². The molecular formula is C23H25N3O4S2. The smallest absolute Gasteiger partial charge is 0.335 e. The molecule has 0 spiro atoms. The fourth-order valence-electron chi connectivity index (χ4n) is 3.90. The Kier molecular flexibility index (Phi) is 6.12. The highest BCUT2D eigenvalue weighted by Crippen LogP contribution is 2.32. The molecule has 7 nitrogen and oxygen atoms in total. The van der Waals surface area contributed by atoms with Crippen LogP contribution in [0.2, 0.25) is 0 Å². The van der Waals surface area contributed by atoms with E-state index in [2.05, 4.69) is 46.6 Å². The van der Waals surface area contributed by atoms with Gasteiger partial charge in [0.1, 0.15) is 4.21 Å². The van der Waals surface area contributed by atoms with Gasteiger partial charge in [0.05, 0.1) is 16.9 Å². The molecule has 0 amide bonds. The van der Waals surface area contributed by atoms with Gasteiger partial charge in [-0.25, -0.2) is 13.2 Å². The van der Waals surface area contributed by atoms with Crippen LogP contribution in [-0.4, -0.2) is 45.7 Å². The molecule has 9 heteroatoms. The maximum absolute atomic E-state index is 12.8. The lowest BCUT2D eigenvalue weighted by Crippen LogP contribution is -2.47. The van der Waals surface area contributed by atoms with E-state index in [0.717, 1.165) is 24.4 Å². The number of thiophene rings is 1. The van der Waals surface area contributed by atoms with Crippen molar-refractivity contribution in [1.82, 2.24) is 0 Å². The minimum atomic E-state index is -3.80. The zero-order valence-electron chi connectivity index (χ0n) is 17.9. The van der Waals surface area contributed by atoms with Crippen LogP contribution in [0.25, 0.3) is 0 Å². The van der Waals surface area contributed by atoms with Crippen LogP contribution in [0.3, 0.4) is 0 Å². The van der Waals surface area contributed by atoms with Gasteiger partial charge in [-0.15, -0.1) is 11.3 Å². The van der Waals surface area contributed by atoms with Crippen molar-refractivity contribution in [1.29, 1.82) is 0 Å². The van der Waals surface area contributed by atoms with Gasteiger partial charge >= 0.3 is 5.97 Å². The number of carboxylic acid groups (broad SMARTS) is 1. The van der Waals surface area contributed by atoms with E-state index in [-0.39, 0.29) is 15.5 Å². The van der Waals surface area contributed by atoms with E-state index in [4.69, 9.17) is 0 Å². The molecule has 1 fully saturated rings. The Morgan fingerprint density at radius 3 is 2.28 bits per heavy atom. The number of aryl methyl sites for hydroxylation is 1. The summed E-state index contributed by atoms with van der Waals surface area (Å²) in [6.07, 6.45) is 0. The first-order chi connectivity index (χ1) is 15.3. The van der Waals surface area contributed by atoms with Crippen LogP contribution in [0, 0.1) is 13.8 Å². The predicted molar refractivity (Wildman–Crippen MR) is 129 cm³/mol. The van der Waals surface area contributed by atoms with Gasteiger partial charge in [-0.1, -0.05) is 18.2 Å². The van der Waals surface area contributed by atoms with E-state index < -0.39 is 16.0 Å². The summed E-state index contributed by atoms with van der Waals surface area (Å²) in [7, 11) is -3.80. The monoisotopic (exact) mass is 471 g/mol. The van der Waals surface area contributed by atoms with Gasteiger partial charge < -0.3 is 14.9 Å².